The van der Waals surface area contributed by atoms with Gasteiger partial charge in [0.15, 0.2) is 5.69 Å². The van der Waals surface area contributed by atoms with Gasteiger partial charge in [0.1, 0.15) is 5.82 Å². The number of carbonyl (C=O) groups excluding carboxylic acids is 1. The van der Waals surface area contributed by atoms with Gasteiger partial charge in [-0.2, -0.15) is 11.3 Å². The molecule has 0 aliphatic heterocycles. The van der Waals surface area contributed by atoms with Crippen LogP contribution in [-0.4, -0.2) is 29.3 Å². The minimum Gasteiger partial charge on any atom is -0.464 e. The molecule has 0 aliphatic rings. The molecule has 0 spiro atoms. The number of rotatable bonds is 5. The lowest BCUT2D eigenvalue weighted by atomic mass is 10.1. The Morgan fingerprint density at radius 1 is 1.42 bits per heavy atom. The van der Waals surface area contributed by atoms with E-state index in [1.54, 1.807) is 23.5 Å². The molecule has 0 amide bonds. The molecule has 0 fully saturated rings. The van der Waals surface area contributed by atoms with Crippen molar-refractivity contribution in [1.82, 2.24) is 10.2 Å². The number of carbonyl (C=O) groups is 1. The Labute approximate surface area is 115 Å². The zero-order valence-corrected chi connectivity index (χ0v) is 11.6. The average molecular weight is 277 g/mol. The predicted octanol–water partition coefficient (Wildman–Crippen LogP) is 2.37. The summed E-state index contributed by atoms with van der Waals surface area (Å²) in [7, 11) is 1.32. The molecule has 6 heteroatoms. The van der Waals surface area contributed by atoms with E-state index in [0.29, 0.717) is 5.82 Å². The van der Waals surface area contributed by atoms with Crippen LogP contribution in [0.15, 0.2) is 29.0 Å². The quantitative estimate of drug-likeness (QED) is 0.850. The maximum Gasteiger partial charge on any atom is 0.358 e. The van der Waals surface area contributed by atoms with E-state index in [4.69, 9.17) is 0 Å². The largest absolute Gasteiger partial charge is 0.464 e. The first-order valence-electron chi connectivity index (χ1n) is 5.88. The fraction of sp³-hybridized carbons (Fsp3) is 0.308. The van der Waals surface area contributed by atoms with Crippen LogP contribution in [-0.2, 0) is 11.2 Å². The molecule has 19 heavy (non-hydrogen) atoms. The highest BCUT2D eigenvalue weighted by molar-refractivity contribution is 7.07. The summed E-state index contributed by atoms with van der Waals surface area (Å²) in [5.41, 5.74) is 1.50. The molecule has 100 valence electrons. The summed E-state index contributed by atoms with van der Waals surface area (Å²) < 4.78 is 4.57. The molecule has 0 saturated carbocycles. The molecular formula is C13H15N3O2S. The number of nitrogens with zero attached hydrogens (tertiary/aromatic N) is 2. The molecule has 5 nitrogen and oxygen atoms in total. The number of hydrogen-bond acceptors (Lipinski definition) is 6. The Kier molecular flexibility index (Phi) is 4.46. The molecule has 0 radical (unpaired) electrons. The third-order valence-corrected chi connectivity index (χ3v) is 3.31. The van der Waals surface area contributed by atoms with Crippen LogP contribution in [0.4, 0.5) is 5.82 Å². The van der Waals surface area contributed by atoms with Gasteiger partial charge in [-0.25, -0.2) is 4.79 Å². The van der Waals surface area contributed by atoms with E-state index in [2.05, 4.69) is 44.0 Å². The molecule has 0 aliphatic carbocycles. The minimum absolute atomic E-state index is 0.207. The van der Waals surface area contributed by atoms with Crippen LogP contribution in [0.2, 0.25) is 0 Å². The van der Waals surface area contributed by atoms with Gasteiger partial charge in [-0.1, -0.05) is 0 Å². The summed E-state index contributed by atoms with van der Waals surface area (Å²) >= 11 is 1.69. The van der Waals surface area contributed by atoms with E-state index in [1.165, 1.54) is 12.7 Å². The Bertz CT molecular complexity index is 525. The van der Waals surface area contributed by atoms with Crippen molar-refractivity contribution in [2.24, 2.45) is 0 Å². The maximum absolute atomic E-state index is 11.2. The monoisotopic (exact) mass is 277 g/mol. The second kappa shape index (κ2) is 6.29. The number of esters is 1. The molecule has 2 heterocycles. The van der Waals surface area contributed by atoms with Crippen LogP contribution in [0.5, 0.6) is 0 Å². The van der Waals surface area contributed by atoms with Crippen LogP contribution in [0.3, 0.4) is 0 Å². The van der Waals surface area contributed by atoms with Crippen LogP contribution >= 0.6 is 11.3 Å². The average Bonchev–Trinajstić information content (AvgIpc) is 2.91. The lowest BCUT2D eigenvalue weighted by Gasteiger charge is -2.13. The van der Waals surface area contributed by atoms with Gasteiger partial charge in [-0.05, 0) is 47.9 Å². The van der Waals surface area contributed by atoms with Crippen LogP contribution in [0, 0.1) is 0 Å². The Morgan fingerprint density at radius 2 is 2.26 bits per heavy atom. The van der Waals surface area contributed by atoms with Crippen molar-refractivity contribution >= 4 is 23.1 Å². The molecule has 2 rings (SSSR count). The number of thiophene rings is 1. The van der Waals surface area contributed by atoms with Crippen LogP contribution in [0.1, 0.15) is 23.0 Å². The predicted molar refractivity (Wildman–Crippen MR) is 74.5 cm³/mol. The Hall–Kier alpha value is -1.95. The number of anilines is 1. The number of nitrogens with one attached hydrogen (secondary N) is 1. The first kappa shape index (κ1) is 13.5. The third kappa shape index (κ3) is 3.75. The Balaban J connectivity index is 1.93. The highest BCUT2D eigenvalue weighted by Gasteiger charge is 2.09. The zero-order valence-electron chi connectivity index (χ0n) is 10.8. The second-order valence-electron chi connectivity index (χ2n) is 4.18. The Morgan fingerprint density at radius 3 is 2.84 bits per heavy atom. The molecule has 0 aromatic carbocycles. The van der Waals surface area contributed by atoms with Crippen molar-refractivity contribution < 1.29 is 9.53 Å². The highest BCUT2D eigenvalue weighted by Crippen LogP contribution is 2.11. The third-order valence-electron chi connectivity index (χ3n) is 2.58. The smallest absolute Gasteiger partial charge is 0.358 e. The molecule has 2 aromatic rings. The van der Waals surface area contributed by atoms with Gasteiger partial charge in [0.05, 0.1) is 7.11 Å². The first-order valence-corrected chi connectivity index (χ1v) is 6.83. The highest BCUT2D eigenvalue weighted by atomic mass is 32.1. The van der Waals surface area contributed by atoms with E-state index in [1.807, 2.05) is 0 Å². The standard InChI is InChI=1S/C13H15N3O2S/c1-9(7-10-5-6-19-8-10)14-12-4-3-11(15-16-12)13(17)18-2/h3-6,8-9H,7H2,1-2H3,(H,14,16). The van der Waals surface area contributed by atoms with Crippen molar-refractivity contribution in [1.29, 1.82) is 0 Å². The normalized spacial score (nSPS) is 11.9. The van der Waals surface area contributed by atoms with Crippen molar-refractivity contribution in [3.63, 3.8) is 0 Å². The van der Waals surface area contributed by atoms with Gasteiger partial charge >= 0.3 is 5.97 Å². The van der Waals surface area contributed by atoms with Crippen molar-refractivity contribution in [3.05, 3.63) is 40.2 Å². The molecule has 1 unspecified atom stereocenters. The lowest BCUT2D eigenvalue weighted by molar-refractivity contribution is 0.0593. The van der Waals surface area contributed by atoms with E-state index in [0.717, 1.165) is 6.42 Å². The summed E-state index contributed by atoms with van der Waals surface area (Å²) in [5.74, 6) is 0.167. The van der Waals surface area contributed by atoms with Gasteiger partial charge in [0.25, 0.3) is 0 Å². The second-order valence-corrected chi connectivity index (χ2v) is 4.96. The molecule has 1 atom stereocenters. The molecule has 0 saturated heterocycles. The molecule has 2 aromatic heterocycles. The van der Waals surface area contributed by atoms with Crippen molar-refractivity contribution in [2.45, 2.75) is 19.4 Å². The minimum atomic E-state index is -0.481. The molecular weight excluding hydrogens is 262 g/mol. The lowest BCUT2D eigenvalue weighted by Crippen LogP contribution is -2.19. The van der Waals surface area contributed by atoms with Gasteiger partial charge in [0, 0.05) is 6.04 Å². The van der Waals surface area contributed by atoms with Crippen LogP contribution in [0.25, 0.3) is 0 Å². The summed E-state index contributed by atoms with van der Waals surface area (Å²) in [6.07, 6.45) is 0.921. The fourth-order valence-corrected chi connectivity index (χ4v) is 2.37. The van der Waals surface area contributed by atoms with Crippen LogP contribution < -0.4 is 5.32 Å². The number of ether oxygens (including phenoxy) is 1. The first-order chi connectivity index (χ1) is 9.19. The molecule has 0 bridgehead atoms. The summed E-state index contributed by atoms with van der Waals surface area (Å²) in [6.45, 7) is 2.08. The zero-order chi connectivity index (χ0) is 13.7. The fourth-order valence-electron chi connectivity index (χ4n) is 1.69. The van der Waals surface area contributed by atoms with E-state index in [-0.39, 0.29) is 11.7 Å². The van der Waals surface area contributed by atoms with Gasteiger partial charge < -0.3 is 10.1 Å². The van der Waals surface area contributed by atoms with Crippen molar-refractivity contribution in [2.75, 3.05) is 12.4 Å². The van der Waals surface area contributed by atoms with Gasteiger partial charge in [0.2, 0.25) is 0 Å². The molecule has 1 N–H and O–H groups in total. The van der Waals surface area contributed by atoms with Crippen molar-refractivity contribution in [3.8, 4) is 0 Å². The van der Waals surface area contributed by atoms with E-state index < -0.39 is 5.97 Å². The number of aromatic nitrogens is 2. The van der Waals surface area contributed by atoms with E-state index >= 15 is 0 Å². The number of hydrogen-bond donors (Lipinski definition) is 1. The van der Waals surface area contributed by atoms with E-state index in [9.17, 15) is 4.79 Å². The SMILES string of the molecule is COC(=O)c1ccc(NC(C)Cc2ccsc2)nn1. The summed E-state index contributed by atoms with van der Waals surface area (Å²) in [5, 5.41) is 15.2. The summed E-state index contributed by atoms with van der Waals surface area (Å²) in [4.78, 5) is 11.2. The van der Waals surface area contributed by atoms with Gasteiger partial charge in [-0.15, -0.1) is 10.2 Å². The topological polar surface area (TPSA) is 64.1 Å². The number of methoxy groups -OCH3 is 1. The summed E-state index contributed by atoms with van der Waals surface area (Å²) in [6, 6.07) is 5.67. The van der Waals surface area contributed by atoms with Gasteiger partial charge in [-0.3, -0.25) is 0 Å². The maximum atomic E-state index is 11.2.